The third-order valence-corrected chi connectivity index (χ3v) is 2.21. The number of hydrogen-bond acceptors (Lipinski definition) is 3. The van der Waals surface area contributed by atoms with E-state index >= 15 is 0 Å². The van der Waals surface area contributed by atoms with Gasteiger partial charge in [0.1, 0.15) is 12.2 Å². The molecule has 3 nitrogen and oxygen atoms in total. The highest BCUT2D eigenvalue weighted by Gasteiger charge is 2.06. The van der Waals surface area contributed by atoms with Gasteiger partial charge in [0.15, 0.2) is 0 Å². The van der Waals surface area contributed by atoms with Crippen molar-refractivity contribution >= 4 is 22.6 Å². The fourth-order valence-electron chi connectivity index (χ4n) is 1.30. The Hall–Kier alpha value is -1.92. The molecule has 80 valence electrons. The number of hydrogen-bond donors (Lipinski definition) is 0. The van der Waals surface area contributed by atoms with E-state index in [-0.39, 0.29) is 12.4 Å². The first kappa shape index (κ1) is 10.6. The Morgan fingerprint density at radius 2 is 2.25 bits per heavy atom. The van der Waals surface area contributed by atoms with Gasteiger partial charge in [-0.15, -0.1) is 6.42 Å². The zero-order chi connectivity index (χ0) is 11.5. The number of fused-ring (bicyclic) bond motifs is 1. The smallest absolute Gasteiger partial charge is 0.379 e. The van der Waals surface area contributed by atoms with Crippen LogP contribution in [-0.4, -0.2) is 6.61 Å². The summed E-state index contributed by atoms with van der Waals surface area (Å²) >= 11 is 5.82. The van der Waals surface area contributed by atoms with Crippen molar-refractivity contribution in [2.45, 2.75) is 0 Å². The molecule has 1 aromatic heterocycles. The van der Waals surface area contributed by atoms with E-state index in [0.29, 0.717) is 16.0 Å². The van der Waals surface area contributed by atoms with Gasteiger partial charge in [0.2, 0.25) is 5.75 Å². The number of rotatable bonds is 2. The molecule has 0 N–H and O–H groups in total. The first-order valence-electron chi connectivity index (χ1n) is 4.50. The second kappa shape index (κ2) is 4.30. The molecule has 0 atom stereocenters. The zero-order valence-corrected chi connectivity index (χ0v) is 8.95. The summed E-state index contributed by atoms with van der Waals surface area (Å²) in [5, 5.41) is 1.25. The van der Waals surface area contributed by atoms with E-state index in [0.717, 1.165) is 0 Å². The third-order valence-electron chi connectivity index (χ3n) is 1.97. The van der Waals surface area contributed by atoms with Crippen LogP contribution in [0.5, 0.6) is 5.75 Å². The van der Waals surface area contributed by atoms with E-state index in [1.54, 1.807) is 24.3 Å². The largest absolute Gasteiger partial charge is 0.473 e. The third kappa shape index (κ3) is 2.02. The van der Waals surface area contributed by atoms with Crippen LogP contribution in [0.15, 0.2) is 33.5 Å². The molecular formula is C12H7ClO3. The van der Waals surface area contributed by atoms with Gasteiger partial charge in [0.25, 0.3) is 0 Å². The first-order chi connectivity index (χ1) is 7.70. The molecule has 0 radical (unpaired) electrons. The molecule has 4 heteroatoms. The Kier molecular flexibility index (Phi) is 2.84. The lowest BCUT2D eigenvalue weighted by Gasteiger charge is -2.02. The lowest BCUT2D eigenvalue weighted by molar-refractivity contribution is 0.348. The minimum Gasteiger partial charge on any atom is -0.473 e. The monoisotopic (exact) mass is 234 g/mol. The van der Waals surface area contributed by atoms with Gasteiger partial charge in [-0.1, -0.05) is 17.5 Å². The van der Waals surface area contributed by atoms with Crippen molar-refractivity contribution in [2.75, 3.05) is 6.61 Å². The molecule has 1 heterocycles. The molecule has 16 heavy (non-hydrogen) atoms. The molecule has 0 amide bonds. The van der Waals surface area contributed by atoms with E-state index in [4.69, 9.17) is 27.2 Å². The van der Waals surface area contributed by atoms with Gasteiger partial charge >= 0.3 is 5.63 Å². The molecule has 0 aliphatic carbocycles. The van der Waals surface area contributed by atoms with Crippen molar-refractivity contribution in [1.82, 2.24) is 0 Å². The van der Waals surface area contributed by atoms with Gasteiger partial charge < -0.3 is 9.15 Å². The second-order valence-electron chi connectivity index (χ2n) is 3.07. The van der Waals surface area contributed by atoms with E-state index in [1.165, 1.54) is 0 Å². The Bertz CT molecular complexity index is 622. The fourth-order valence-corrected chi connectivity index (χ4v) is 1.48. The van der Waals surface area contributed by atoms with Crippen LogP contribution in [0.1, 0.15) is 0 Å². The number of terminal acetylenes is 1. The summed E-state index contributed by atoms with van der Waals surface area (Å²) < 4.78 is 10.1. The molecule has 2 rings (SSSR count). The fraction of sp³-hybridized carbons (Fsp3) is 0.0833. The van der Waals surface area contributed by atoms with Crippen molar-refractivity contribution in [3.8, 4) is 18.1 Å². The molecule has 2 aromatic rings. The highest BCUT2D eigenvalue weighted by atomic mass is 35.5. The van der Waals surface area contributed by atoms with Crippen molar-refractivity contribution in [3.05, 3.63) is 39.7 Å². The summed E-state index contributed by atoms with van der Waals surface area (Å²) in [6.07, 6.45) is 5.03. The molecule has 0 saturated heterocycles. The lowest BCUT2D eigenvalue weighted by Crippen LogP contribution is -2.06. The van der Waals surface area contributed by atoms with Crippen molar-refractivity contribution in [2.24, 2.45) is 0 Å². The van der Waals surface area contributed by atoms with Crippen LogP contribution in [-0.2, 0) is 0 Å². The summed E-state index contributed by atoms with van der Waals surface area (Å²) in [7, 11) is 0. The molecular weight excluding hydrogens is 228 g/mol. The molecule has 0 unspecified atom stereocenters. The summed E-state index contributed by atoms with van der Waals surface area (Å²) in [6, 6.07) is 6.52. The minimum absolute atomic E-state index is 0.0246. The predicted molar refractivity (Wildman–Crippen MR) is 61.8 cm³/mol. The van der Waals surface area contributed by atoms with Gasteiger partial charge in [-0.3, -0.25) is 0 Å². The maximum atomic E-state index is 11.4. The molecule has 0 aliphatic heterocycles. The van der Waals surface area contributed by atoms with Crippen LogP contribution in [0, 0.1) is 12.3 Å². The SMILES string of the molecule is C#CCOc1cc2cc(Cl)ccc2oc1=O. The highest BCUT2D eigenvalue weighted by Crippen LogP contribution is 2.20. The Labute approximate surface area is 96.6 Å². The topological polar surface area (TPSA) is 39.4 Å². The van der Waals surface area contributed by atoms with Crippen LogP contribution >= 0.6 is 11.6 Å². The van der Waals surface area contributed by atoms with Gasteiger partial charge in [-0.25, -0.2) is 4.79 Å². The summed E-state index contributed by atoms with van der Waals surface area (Å²) in [4.78, 5) is 11.4. The lowest BCUT2D eigenvalue weighted by atomic mass is 10.2. The summed E-state index contributed by atoms with van der Waals surface area (Å²) in [6.45, 7) is 0.0246. The predicted octanol–water partition coefficient (Wildman–Crippen LogP) is 2.46. The maximum absolute atomic E-state index is 11.4. The van der Waals surface area contributed by atoms with E-state index in [9.17, 15) is 4.79 Å². The Morgan fingerprint density at radius 1 is 1.44 bits per heavy atom. The molecule has 1 aromatic carbocycles. The normalized spacial score (nSPS) is 10.0. The molecule has 0 bridgehead atoms. The molecule has 0 aliphatic rings. The quantitative estimate of drug-likeness (QED) is 0.592. The highest BCUT2D eigenvalue weighted by molar-refractivity contribution is 6.31. The van der Waals surface area contributed by atoms with Crippen LogP contribution < -0.4 is 10.4 Å². The van der Waals surface area contributed by atoms with Gasteiger partial charge in [-0.2, -0.15) is 0 Å². The Morgan fingerprint density at radius 3 is 3.00 bits per heavy atom. The average Bonchev–Trinajstić information content (AvgIpc) is 2.27. The Balaban J connectivity index is 2.56. The maximum Gasteiger partial charge on any atom is 0.379 e. The number of ether oxygens (including phenoxy) is 1. The van der Waals surface area contributed by atoms with E-state index < -0.39 is 5.63 Å². The molecule has 0 fully saturated rings. The minimum atomic E-state index is -0.551. The second-order valence-corrected chi connectivity index (χ2v) is 3.51. The summed E-state index contributed by atoms with van der Waals surface area (Å²) in [5.41, 5.74) is -0.0902. The average molecular weight is 235 g/mol. The van der Waals surface area contributed by atoms with Crippen molar-refractivity contribution in [3.63, 3.8) is 0 Å². The first-order valence-corrected chi connectivity index (χ1v) is 4.88. The van der Waals surface area contributed by atoms with Gasteiger partial charge in [0, 0.05) is 10.4 Å². The van der Waals surface area contributed by atoms with Crippen molar-refractivity contribution in [1.29, 1.82) is 0 Å². The number of halogens is 1. The van der Waals surface area contributed by atoms with Crippen molar-refractivity contribution < 1.29 is 9.15 Å². The standard InChI is InChI=1S/C12H7ClO3/c1-2-5-15-11-7-8-6-9(13)3-4-10(8)16-12(11)14/h1,3-4,6-7H,5H2. The van der Waals surface area contributed by atoms with E-state index in [2.05, 4.69) is 5.92 Å². The van der Waals surface area contributed by atoms with Crippen LogP contribution in [0.2, 0.25) is 5.02 Å². The van der Waals surface area contributed by atoms with Crippen LogP contribution in [0.3, 0.4) is 0 Å². The van der Waals surface area contributed by atoms with Gasteiger partial charge in [0.05, 0.1) is 0 Å². The zero-order valence-electron chi connectivity index (χ0n) is 8.20. The van der Waals surface area contributed by atoms with Crippen LogP contribution in [0.4, 0.5) is 0 Å². The molecule has 0 spiro atoms. The van der Waals surface area contributed by atoms with Gasteiger partial charge in [-0.05, 0) is 24.3 Å². The molecule has 0 saturated carbocycles. The number of benzene rings is 1. The van der Waals surface area contributed by atoms with Crippen LogP contribution in [0.25, 0.3) is 11.0 Å². The summed E-state index contributed by atoms with van der Waals surface area (Å²) in [5.74, 6) is 2.36. The van der Waals surface area contributed by atoms with E-state index in [1.807, 2.05) is 0 Å².